The van der Waals surface area contributed by atoms with E-state index in [-0.39, 0.29) is 11.2 Å². The van der Waals surface area contributed by atoms with Crippen LogP contribution in [0.4, 0.5) is 10.1 Å². The van der Waals surface area contributed by atoms with Crippen LogP contribution >= 0.6 is 0 Å². The molecule has 0 fully saturated rings. The van der Waals surface area contributed by atoms with Crippen LogP contribution in [0.5, 0.6) is 0 Å². The van der Waals surface area contributed by atoms with Crippen LogP contribution < -0.4 is 0 Å². The highest BCUT2D eigenvalue weighted by Gasteiger charge is 2.42. The lowest BCUT2D eigenvalue weighted by atomic mass is 9.66. The minimum Gasteiger partial charge on any atom is -0.260 e. The van der Waals surface area contributed by atoms with Crippen LogP contribution in [0.15, 0.2) is 41.4 Å². The molecule has 0 amide bonds. The molecule has 0 bridgehead atoms. The van der Waals surface area contributed by atoms with Crippen molar-refractivity contribution in [3.63, 3.8) is 0 Å². The normalized spacial score (nSPS) is 22.9. The Hall–Kier alpha value is -1.96. The largest absolute Gasteiger partial charge is 0.260 e. The van der Waals surface area contributed by atoms with E-state index >= 15 is 0 Å². The zero-order chi connectivity index (χ0) is 13.7. The number of nitrogens with zero attached hydrogens (tertiary/aromatic N) is 1. The lowest BCUT2D eigenvalue weighted by Gasteiger charge is -2.36. The molecular formula is C18H16FN. The van der Waals surface area contributed by atoms with E-state index in [9.17, 15) is 4.39 Å². The maximum Gasteiger partial charge on any atom is 0.126 e. The number of hydrogen-bond donors (Lipinski definition) is 0. The first kappa shape index (κ1) is 11.8. The summed E-state index contributed by atoms with van der Waals surface area (Å²) >= 11 is 0. The van der Waals surface area contributed by atoms with Crippen LogP contribution in [0.3, 0.4) is 0 Å². The molecule has 1 nitrogen and oxygen atoms in total. The van der Waals surface area contributed by atoms with E-state index in [0.717, 1.165) is 36.1 Å². The lowest BCUT2D eigenvalue weighted by Crippen LogP contribution is -2.33. The number of benzene rings is 2. The van der Waals surface area contributed by atoms with Crippen molar-refractivity contribution in [2.45, 2.75) is 31.6 Å². The van der Waals surface area contributed by atoms with Crippen LogP contribution in [0.2, 0.25) is 0 Å². The molecule has 1 aliphatic heterocycles. The molecule has 2 aromatic rings. The Morgan fingerprint density at radius 1 is 1.15 bits per heavy atom. The first-order chi connectivity index (χ1) is 9.72. The Balaban J connectivity index is 2.05. The molecule has 1 spiro atoms. The first-order valence-electron chi connectivity index (χ1n) is 7.15. The molecule has 1 heterocycles. The fourth-order valence-corrected chi connectivity index (χ4v) is 3.87. The van der Waals surface area contributed by atoms with Gasteiger partial charge in [-0.2, -0.15) is 0 Å². The molecule has 0 saturated heterocycles. The van der Waals surface area contributed by atoms with Crippen molar-refractivity contribution in [3.05, 3.63) is 64.5 Å². The average molecular weight is 265 g/mol. The SMILES string of the molecule is Cc1c(F)ccc2c1C1(C=Nc3ccccc31)CCC2. The Labute approximate surface area is 118 Å². The van der Waals surface area contributed by atoms with Crippen molar-refractivity contribution in [1.29, 1.82) is 0 Å². The highest BCUT2D eigenvalue weighted by molar-refractivity contribution is 5.90. The Morgan fingerprint density at radius 2 is 2.00 bits per heavy atom. The molecule has 1 unspecified atom stereocenters. The number of para-hydroxylation sites is 1. The molecule has 2 heteroatoms. The zero-order valence-electron chi connectivity index (χ0n) is 11.5. The summed E-state index contributed by atoms with van der Waals surface area (Å²) in [6, 6.07) is 11.8. The van der Waals surface area contributed by atoms with Gasteiger partial charge in [0, 0.05) is 6.21 Å². The van der Waals surface area contributed by atoms with Gasteiger partial charge >= 0.3 is 0 Å². The molecule has 100 valence electrons. The summed E-state index contributed by atoms with van der Waals surface area (Å²) in [5, 5.41) is 0. The van der Waals surface area contributed by atoms with E-state index in [1.54, 1.807) is 6.07 Å². The van der Waals surface area contributed by atoms with Gasteiger partial charge in [-0.05, 0) is 60.6 Å². The fraction of sp³-hybridized carbons (Fsp3) is 0.278. The van der Waals surface area contributed by atoms with Crippen LogP contribution in [-0.4, -0.2) is 6.21 Å². The summed E-state index contributed by atoms with van der Waals surface area (Å²) in [5.41, 5.74) is 5.26. The van der Waals surface area contributed by atoms with E-state index in [1.807, 2.05) is 31.3 Å². The molecule has 1 atom stereocenters. The molecule has 4 rings (SSSR count). The molecule has 0 saturated carbocycles. The Kier molecular flexibility index (Phi) is 2.38. The van der Waals surface area contributed by atoms with Crippen molar-refractivity contribution in [3.8, 4) is 0 Å². The zero-order valence-corrected chi connectivity index (χ0v) is 11.5. The number of rotatable bonds is 0. The predicted octanol–water partition coefficient (Wildman–Crippen LogP) is 4.47. The van der Waals surface area contributed by atoms with E-state index in [1.165, 1.54) is 11.1 Å². The predicted molar refractivity (Wildman–Crippen MR) is 79.4 cm³/mol. The van der Waals surface area contributed by atoms with Crippen molar-refractivity contribution in [2.24, 2.45) is 4.99 Å². The van der Waals surface area contributed by atoms with Crippen LogP contribution in [0, 0.1) is 12.7 Å². The smallest absolute Gasteiger partial charge is 0.126 e. The van der Waals surface area contributed by atoms with Gasteiger partial charge in [0.1, 0.15) is 5.82 Å². The van der Waals surface area contributed by atoms with Gasteiger partial charge in [0.05, 0.1) is 11.1 Å². The summed E-state index contributed by atoms with van der Waals surface area (Å²) < 4.78 is 14.1. The van der Waals surface area contributed by atoms with E-state index in [0.29, 0.717) is 0 Å². The van der Waals surface area contributed by atoms with Gasteiger partial charge < -0.3 is 0 Å². The van der Waals surface area contributed by atoms with Crippen molar-refractivity contribution in [1.82, 2.24) is 0 Å². The third-order valence-corrected chi connectivity index (χ3v) is 4.76. The second-order valence-electron chi connectivity index (χ2n) is 5.81. The van der Waals surface area contributed by atoms with Gasteiger partial charge in [-0.15, -0.1) is 0 Å². The van der Waals surface area contributed by atoms with Crippen LogP contribution in [-0.2, 0) is 11.8 Å². The minimum absolute atomic E-state index is 0.109. The minimum atomic E-state index is -0.212. The highest BCUT2D eigenvalue weighted by Crippen LogP contribution is 2.49. The molecule has 2 aliphatic rings. The fourth-order valence-electron chi connectivity index (χ4n) is 3.87. The van der Waals surface area contributed by atoms with Crippen molar-refractivity contribution < 1.29 is 4.39 Å². The Morgan fingerprint density at radius 3 is 2.90 bits per heavy atom. The van der Waals surface area contributed by atoms with Gasteiger partial charge in [0.25, 0.3) is 0 Å². The Bertz CT molecular complexity index is 732. The number of aryl methyl sites for hydroxylation is 1. The topological polar surface area (TPSA) is 12.4 Å². The maximum absolute atomic E-state index is 14.1. The summed E-state index contributed by atoms with van der Waals surface area (Å²) in [7, 11) is 0. The van der Waals surface area contributed by atoms with E-state index in [4.69, 9.17) is 0 Å². The molecule has 1 aliphatic carbocycles. The standard InChI is InChI=1S/C18H16FN/c1-12-15(19)9-8-13-5-4-10-18(17(12)13)11-20-16-7-3-2-6-14(16)18/h2-3,6-9,11H,4-5,10H2,1H3. The van der Waals surface area contributed by atoms with E-state index in [2.05, 4.69) is 17.1 Å². The number of hydrogen-bond acceptors (Lipinski definition) is 1. The number of aliphatic imine (C=N–C) groups is 1. The van der Waals surface area contributed by atoms with Gasteiger partial charge in [-0.3, -0.25) is 4.99 Å². The summed E-state index contributed by atoms with van der Waals surface area (Å²) in [4.78, 5) is 4.60. The second kappa shape index (κ2) is 4.02. The van der Waals surface area contributed by atoms with Gasteiger partial charge in [0.2, 0.25) is 0 Å². The summed E-state index contributed by atoms with van der Waals surface area (Å²) in [6.07, 6.45) is 5.22. The number of halogens is 1. The van der Waals surface area contributed by atoms with Crippen molar-refractivity contribution >= 4 is 11.9 Å². The van der Waals surface area contributed by atoms with E-state index < -0.39 is 0 Å². The third kappa shape index (κ3) is 1.39. The number of fused-ring (bicyclic) bond motifs is 4. The molecule has 2 aromatic carbocycles. The van der Waals surface area contributed by atoms with Gasteiger partial charge in [0.15, 0.2) is 0 Å². The maximum atomic E-state index is 14.1. The summed E-state index contributed by atoms with van der Waals surface area (Å²) in [6.45, 7) is 1.90. The van der Waals surface area contributed by atoms with Crippen LogP contribution in [0.25, 0.3) is 0 Å². The molecule has 0 N–H and O–H groups in total. The highest BCUT2D eigenvalue weighted by atomic mass is 19.1. The third-order valence-electron chi connectivity index (χ3n) is 4.76. The van der Waals surface area contributed by atoms with Crippen LogP contribution in [0.1, 0.15) is 35.1 Å². The van der Waals surface area contributed by atoms with Gasteiger partial charge in [-0.1, -0.05) is 24.3 Å². The lowest BCUT2D eigenvalue weighted by molar-refractivity contribution is 0.538. The monoisotopic (exact) mass is 265 g/mol. The molecule has 0 aromatic heterocycles. The molecular weight excluding hydrogens is 249 g/mol. The molecule has 20 heavy (non-hydrogen) atoms. The quantitative estimate of drug-likeness (QED) is 0.666. The average Bonchev–Trinajstić information content (AvgIpc) is 2.83. The second-order valence-corrected chi connectivity index (χ2v) is 5.81. The van der Waals surface area contributed by atoms with Gasteiger partial charge in [-0.25, -0.2) is 4.39 Å². The van der Waals surface area contributed by atoms with Crippen molar-refractivity contribution in [2.75, 3.05) is 0 Å². The molecule has 0 radical (unpaired) electrons. The first-order valence-corrected chi connectivity index (χ1v) is 7.15. The summed E-state index contributed by atoms with van der Waals surface area (Å²) in [5.74, 6) is -0.109.